The minimum Gasteiger partial charge on any atom is -0.489 e. The zero-order valence-corrected chi connectivity index (χ0v) is 10.1. The zero-order valence-electron chi connectivity index (χ0n) is 10.1. The molecule has 88 valence electrons. The van der Waals surface area contributed by atoms with Crippen molar-refractivity contribution >= 4 is 0 Å². The molecular formula is C13H20N2O. The highest BCUT2D eigenvalue weighted by Crippen LogP contribution is 2.36. The van der Waals surface area contributed by atoms with Crippen LogP contribution in [0.1, 0.15) is 45.1 Å². The van der Waals surface area contributed by atoms with Gasteiger partial charge in [0.1, 0.15) is 5.75 Å². The Bertz CT molecular complexity index is 357. The van der Waals surface area contributed by atoms with Crippen LogP contribution in [0.15, 0.2) is 18.5 Å². The minimum atomic E-state index is -0.177. The molecule has 3 heteroatoms. The van der Waals surface area contributed by atoms with Crippen molar-refractivity contribution in [3.05, 3.63) is 24.0 Å². The Kier molecular flexibility index (Phi) is 3.15. The van der Waals surface area contributed by atoms with Gasteiger partial charge in [0.05, 0.1) is 12.3 Å². The van der Waals surface area contributed by atoms with Crippen molar-refractivity contribution in [3.8, 4) is 5.75 Å². The van der Waals surface area contributed by atoms with Crippen molar-refractivity contribution in [2.24, 2.45) is 5.73 Å². The first-order valence-electron chi connectivity index (χ1n) is 6.01. The smallest absolute Gasteiger partial charge is 0.138 e. The Morgan fingerprint density at radius 1 is 1.31 bits per heavy atom. The average molecular weight is 220 g/mol. The van der Waals surface area contributed by atoms with E-state index in [0.29, 0.717) is 0 Å². The Hall–Kier alpha value is -1.09. The van der Waals surface area contributed by atoms with E-state index in [-0.39, 0.29) is 11.6 Å². The molecule has 1 heterocycles. The Balaban J connectivity index is 2.21. The van der Waals surface area contributed by atoms with Gasteiger partial charge in [-0.3, -0.25) is 4.98 Å². The van der Waals surface area contributed by atoms with Crippen LogP contribution in [0.25, 0.3) is 0 Å². The molecule has 3 nitrogen and oxygen atoms in total. The highest BCUT2D eigenvalue weighted by atomic mass is 16.5. The highest BCUT2D eigenvalue weighted by Gasteiger charge is 2.31. The van der Waals surface area contributed by atoms with E-state index in [1.807, 2.05) is 26.1 Å². The Labute approximate surface area is 97.0 Å². The molecule has 1 aromatic rings. The summed E-state index contributed by atoms with van der Waals surface area (Å²) in [4.78, 5) is 4.22. The van der Waals surface area contributed by atoms with Gasteiger partial charge in [-0.2, -0.15) is 0 Å². The number of pyridine rings is 1. The molecule has 1 saturated carbocycles. The van der Waals surface area contributed by atoms with Gasteiger partial charge in [-0.1, -0.05) is 12.8 Å². The molecule has 0 amide bonds. The third-order valence-corrected chi connectivity index (χ3v) is 3.16. The third kappa shape index (κ3) is 2.35. The van der Waals surface area contributed by atoms with Crippen LogP contribution in [-0.2, 0) is 5.54 Å². The third-order valence-electron chi connectivity index (χ3n) is 3.16. The molecule has 0 radical (unpaired) electrons. The van der Waals surface area contributed by atoms with E-state index in [9.17, 15) is 0 Å². The summed E-state index contributed by atoms with van der Waals surface area (Å²) in [5, 5.41) is 0. The maximum Gasteiger partial charge on any atom is 0.138 e. The standard InChI is InChI=1S/C13H20N2O/c1-10(2)16-12-7-11(8-15-9-12)13(14)5-3-4-6-13/h7-10H,3-6,14H2,1-2H3. The van der Waals surface area contributed by atoms with Gasteiger partial charge < -0.3 is 10.5 Å². The summed E-state index contributed by atoms with van der Waals surface area (Å²) in [6.07, 6.45) is 8.34. The van der Waals surface area contributed by atoms with Crippen LogP contribution in [0.4, 0.5) is 0 Å². The summed E-state index contributed by atoms with van der Waals surface area (Å²) in [6, 6.07) is 2.04. The highest BCUT2D eigenvalue weighted by molar-refractivity contribution is 5.30. The van der Waals surface area contributed by atoms with E-state index in [1.165, 1.54) is 12.8 Å². The summed E-state index contributed by atoms with van der Waals surface area (Å²) in [6.45, 7) is 4.03. The zero-order chi connectivity index (χ0) is 11.6. The van der Waals surface area contributed by atoms with Crippen LogP contribution in [0, 0.1) is 0 Å². The molecule has 2 N–H and O–H groups in total. The topological polar surface area (TPSA) is 48.1 Å². The average Bonchev–Trinajstić information content (AvgIpc) is 2.66. The molecule has 0 aromatic carbocycles. The number of hydrogen-bond donors (Lipinski definition) is 1. The van der Waals surface area contributed by atoms with Crippen LogP contribution in [-0.4, -0.2) is 11.1 Å². The van der Waals surface area contributed by atoms with Crippen molar-refractivity contribution < 1.29 is 4.74 Å². The van der Waals surface area contributed by atoms with Crippen molar-refractivity contribution in [1.29, 1.82) is 0 Å². The van der Waals surface area contributed by atoms with Gasteiger partial charge in [-0.15, -0.1) is 0 Å². The lowest BCUT2D eigenvalue weighted by atomic mass is 9.91. The summed E-state index contributed by atoms with van der Waals surface area (Å²) in [5.41, 5.74) is 7.32. The van der Waals surface area contributed by atoms with Gasteiger partial charge in [0, 0.05) is 11.7 Å². The summed E-state index contributed by atoms with van der Waals surface area (Å²) in [5.74, 6) is 0.823. The summed E-state index contributed by atoms with van der Waals surface area (Å²) in [7, 11) is 0. The maximum atomic E-state index is 6.38. The van der Waals surface area contributed by atoms with E-state index in [2.05, 4.69) is 4.98 Å². The lowest BCUT2D eigenvalue weighted by Crippen LogP contribution is -2.33. The quantitative estimate of drug-likeness (QED) is 0.851. The second kappa shape index (κ2) is 4.42. The fourth-order valence-corrected chi connectivity index (χ4v) is 2.32. The molecule has 0 spiro atoms. The Morgan fingerprint density at radius 3 is 2.62 bits per heavy atom. The van der Waals surface area contributed by atoms with Crippen molar-refractivity contribution in [3.63, 3.8) is 0 Å². The molecule has 1 aromatic heterocycles. The predicted octanol–water partition coefficient (Wildman–Crippen LogP) is 2.60. The molecule has 1 aliphatic rings. The second-order valence-corrected chi connectivity index (χ2v) is 4.94. The van der Waals surface area contributed by atoms with Crippen LogP contribution in [0.3, 0.4) is 0 Å². The number of rotatable bonds is 3. The SMILES string of the molecule is CC(C)Oc1cncc(C2(N)CCCC2)c1. The number of ether oxygens (including phenoxy) is 1. The largest absolute Gasteiger partial charge is 0.489 e. The van der Waals surface area contributed by atoms with Crippen LogP contribution >= 0.6 is 0 Å². The molecule has 1 fully saturated rings. The molecule has 1 aliphatic carbocycles. The molecule has 16 heavy (non-hydrogen) atoms. The second-order valence-electron chi connectivity index (χ2n) is 4.94. The van der Waals surface area contributed by atoms with Gasteiger partial charge in [0.15, 0.2) is 0 Å². The molecule has 0 atom stereocenters. The molecule has 0 bridgehead atoms. The van der Waals surface area contributed by atoms with Crippen molar-refractivity contribution in [2.75, 3.05) is 0 Å². The molecule has 0 saturated heterocycles. The van der Waals surface area contributed by atoms with Gasteiger partial charge in [-0.25, -0.2) is 0 Å². The first-order valence-corrected chi connectivity index (χ1v) is 6.01. The van der Waals surface area contributed by atoms with Crippen LogP contribution in [0.2, 0.25) is 0 Å². The molecular weight excluding hydrogens is 200 g/mol. The van der Waals surface area contributed by atoms with Gasteiger partial charge in [0.25, 0.3) is 0 Å². The first-order chi connectivity index (χ1) is 7.60. The minimum absolute atomic E-state index is 0.175. The number of aromatic nitrogens is 1. The van der Waals surface area contributed by atoms with E-state index >= 15 is 0 Å². The lowest BCUT2D eigenvalue weighted by Gasteiger charge is -2.24. The van der Waals surface area contributed by atoms with E-state index in [0.717, 1.165) is 24.2 Å². The van der Waals surface area contributed by atoms with Crippen LogP contribution < -0.4 is 10.5 Å². The number of hydrogen-bond acceptors (Lipinski definition) is 3. The summed E-state index contributed by atoms with van der Waals surface area (Å²) >= 11 is 0. The van der Waals surface area contributed by atoms with Gasteiger partial charge in [0.2, 0.25) is 0 Å². The van der Waals surface area contributed by atoms with Crippen molar-refractivity contribution in [1.82, 2.24) is 4.98 Å². The Morgan fingerprint density at radius 2 is 2.00 bits per heavy atom. The number of nitrogens with two attached hydrogens (primary N) is 1. The molecule has 0 aliphatic heterocycles. The van der Waals surface area contributed by atoms with Gasteiger partial charge in [-0.05, 0) is 38.3 Å². The van der Waals surface area contributed by atoms with E-state index < -0.39 is 0 Å². The normalized spacial score (nSPS) is 19.0. The van der Waals surface area contributed by atoms with Gasteiger partial charge >= 0.3 is 0 Å². The van der Waals surface area contributed by atoms with Crippen LogP contribution in [0.5, 0.6) is 5.75 Å². The predicted molar refractivity (Wildman–Crippen MR) is 64.3 cm³/mol. The maximum absolute atomic E-state index is 6.38. The first kappa shape index (κ1) is 11.4. The fourth-order valence-electron chi connectivity index (χ4n) is 2.32. The van der Waals surface area contributed by atoms with E-state index in [1.54, 1.807) is 6.20 Å². The fraction of sp³-hybridized carbons (Fsp3) is 0.615. The molecule has 2 rings (SSSR count). The number of nitrogens with zero attached hydrogens (tertiary/aromatic N) is 1. The van der Waals surface area contributed by atoms with E-state index in [4.69, 9.17) is 10.5 Å². The summed E-state index contributed by atoms with van der Waals surface area (Å²) < 4.78 is 5.64. The van der Waals surface area contributed by atoms with Crippen molar-refractivity contribution in [2.45, 2.75) is 51.2 Å². The monoisotopic (exact) mass is 220 g/mol. The lowest BCUT2D eigenvalue weighted by molar-refractivity contribution is 0.240. The molecule has 0 unspecified atom stereocenters.